The van der Waals surface area contributed by atoms with Gasteiger partial charge >= 0.3 is 0 Å². The Labute approximate surface area is 135 Å². The number of aromatic amines is 1. The van der Waals surface area contributed by atoms with Crippen molar-refractivity contribution in [2.24, 2.45) is 0 Å². The summed E-state index contributed by atoms with van der Waals surface area (Å²) in [7, 11) is 1.49. The second-order valence-electron chi connectivity index (χ2n) is 5.07. The van der Waals surface area contributed by atoms with E-state index in [1.165, 1.54) is 13.3 Å². The Morgan fingerprint density at radius 2 is 1.96 bits per heavy atom. The van der Waals surface area contributed by atoms with Gasteiger partial charge in [-0.05, 0) is 18.2 Å². The van der Waals surface area contributed by atoms with Crippen LogP contribution in [0.4, 0.5) is 8.78 Å². The monoisotopic (exact) mass is 335 g/mol. The zero-order valence-corrected chi connectivity index (χ0v) is 12.9. The highest BCUT2D eigenvalue weighted by molar-refractivity contribution is 6.30. The number of fused-ring (bicyclic) bond motifs is 1. The molecule has 0 aliphatic rings. The number of H-pyrrole nitrogens is 1. The van der Waals surface area contributed by atoms with E-state index in [4.69, 9.17) is 16.3 Å². The lowest BCUT2D eigenvalue weighted by molar-refractivity contribution is 0.0993. The standard InChI is InChI=1S/C17H12ClF2NO2/c1-23-17-5-10(18)3-2-9(17)4-16(22)12-8-21-15-7-14(20)13(19)6-11(12)15/h2-3,5-8,21H,4H2,1H3. The molecule has 0 bridgehead atoms. The number of halogens is 3. The SMILES string of the molecule is COc1cc(Cl)ccc1CC(=O)c1c[nH]c2cc(F)c(F)cc12. The summed E-state index contributed by atoms with van der Waals surface area (Å²) in [4.78, 5) is 15.3. The number of methoxy groups -OCH3 is 1. The van der Waals surface area contributed by atoms with Crippen LogP contribution >= 0.6 is 11.6 Å². The average molecular weight is 336 g/mol. The van der Waals surface area contributed by atoms with E-state index in [-0.39, 0.29) is 12.2 Å². The first-order chi connectivity index (χ1) is 11.0. The molecule has 0 saturated carbocycles. The van der Waals surface area contributed by atoms with Crippen LogP contribution in [0.25, 0.3) is 10.9 Å². The fourth-order valence-electron chi connectivity index (χ4n) is 2.48. The molecular weight excluding hydrogens is 324 g/mol. The van der Waals surface area contributed by atoms with E-state index in [1.54, 1.807) is 18.2 Å². The van der Waals surface area contributed by atoms with Gasteiger partial charge in [-0.1, -0.05) is 17.7 Å². The van der Waals surface area contributed by atoms with Crippen molar-refractivity contribution < 1.29 is 18.3 Å². The van der Waals surface area contributed by atoms with E-state index in [1.807, 2.05) is 0 Å². The first kappa shape index (κ1) is 15.5. The third kappa shape index (κ3) is 2.92. The van der Waals surface area contributed by atoms with E-state index in [0.29, 0.717) is 32.8 Å². The van der Waals surface area contributed by atoms with Crippen LogP contribution in [0.1, 0.15) is 15.9 Å². The van der Waals surface area contributed by atoms with Gasteiger partial charge in [0.05, 0.1) is 7.11 Å². The molecule has 23 heavy (non-hydrogen) atoms. The van der Waals surface area contributed by atoms with Gasteiger partial charge in [0.25, 0.3) is 0 Å². The molecule has 0 fully saturated rings. The molecule has 0 unspecified atom stereocenters. The van der Waals surface area contributed by atoms with E-state index in [9.17, 15) is 13.6 Å². The lowest BCUT2D eigenvalue weighted by atomic mass is 10.0. The van der Waals surface area contributed by atoms with E-state index >= 15 is 0 Å². The summed E-state index contributed by atoms with van der Waals surface area (Å²) in [6, 6.07) is 7.04. The fourth-order valence-corrected chi connectivity index (χ4v) is 2.64. The van der Waals surface area contributed by atoms with Crippen LogP contribution in [0, 0.1) is 11.6 Å². The van der Waals surface area contributed by atoms with Crippen molar-refractivity contribution >= 4 is 28.3 Å². The molecule has 0 aliphatic heterocycles. The minimum absolute atomic E-state index is 0.0618. The van der Waals surface area contributed by atoms with Crippen molar-refractivity contribution in [1.29, 1.82) is 0 Å². The van der Waals surface area contributed by atoms with Crippen LogP contribution in [0.3, 0.4) is 0 Å². The fraction of sp³-hybridized carbons (Fsp3) is 0.118. The van der Waals surface area contributed by atoms with Gasteiger partial charge in [0, 0.05) is 45.7 Å². The molecule has 0 aliphatic carbocycles. The number of ketones is 1. The predicted molar refractivity (Wildman–Crippen MR) is 84.3 cm³/mol. The number of nitrogens with one attached hydrogen (secondary N) is 1. The van der Waals surface area contributed by atoms with E-state index in [0.717, 1.165) is 12.1 Å². The molecular formula is C17H12ClF2NO2. The zero-order valence-electron chi connectivity index (χ0n) is 12.1. The molecule has 3 nitrogen and oxygen atoms in total. The third-order valence-corrected chi connectivity index (χ3v) is 3.86. The summed E-state index contributed by atoms with van der Waals surface area (Å²) in [6.45, 7) is 0. The Balaban J connectivity index is 1.97. The predicted octanol–water partition coefficient (Wildman–Crippen LogP) is 4.53. The van der Waals surface area contributed by atoms with Crippen LogP contribution in [0.15, 0.2) is 36.5 Å². The number of aromatic nitrogens is 1. The average Bonchev–Trinajstić information content (AvgIpc) is 2.92. The maximum absolute atomic E-state index is 13.4. The highest BCUT2D eigenvalue weighted by Gasteiger charge is 2.17. The van der Waals surface area contributed by atoms with Gasteiger partial charge in [0.2, 0.25) is 0 Å². The van der Waals surface area contributed by atoms with Crippen LogP contribution < -0.4 is 4.74 Å². The van der Waals surface area contributed by atoms with Gasteiger partial charge in [-0.3, -0.25) is 4.79 Å². The van der Waals surface area contributed by atoms with E-state index < -0.39 is 11.6 Å². The van der Waals surface area contributed by atoms with Crippen LogP contribution in [-0.4, -0.2) is 17.9 Å². The summed E-state index contributed by atoms with van der Waals surface area (Å²) >= 11 is 5.89. The molecule has 1 heterocycles. The highest BCUT2D eigenvalue weighted by atomic mass is 35.5. The second kappa shape index (κ2) is 6.01. The molecule has 1 N–H and O–H groups in total. The van der Waals surface area contributed by atoms with Crippen molar-refractivity contribution in [3.63, 3.8) is 0 Å². The molecule has 118 valence electrons. The van der Waals surface area contributed by atoms with Crippen molar-refractivity contribution in [2.45, 2.75) is 6.42 Å². The summed E-state index contributed by atoms with van der Waals surface area (Å²) in [5.74, 6) is -1.68. The second-order valence-corrected chi connectivity index (χ2v) is 5.51. The normalized spacial score (nSPS) is 11.0. The van der Waals surface area contributed by atoms with Crippen molar-refractivity contribution in [3.05, 3.63) is 64.3 Å². The third-order valence-electron chi connectivity index (χ3n) is 3.62. The quantitative estimate of drug-likeness (QED) is 0.711. The number of ether oxygens (including phenoxy) is 1. The van der Waals surface area contributed by atoms with Gasteiger partial charge in [-0.2, -0.15) is 0 Å². The number of carbonyl (C=O) groups excluding carboxylic acids is 1. The summed E-state index contributed by atoms with van der Waals surface area (Å²) in [5.41, 5.74) is 1.34. The number of benzene rings is 2. The molecule has 2 aromatic carbocycles. The maximum atomic E-state index is 13.4. The summed E-state index contributed by atoms with van der Waals surface area (Å²) < 4.78 is 31.9. The molecule has 6 heteroatoms. The highest BCUT2D eigenvalue weighted by Crippen LogP contribution is 2.27. The van der Waals surface area contributed by atoms with Gasteiger partial charge in [0.1, 0.15) is 5.75 Å². The molecule has 3 aromatic rings. The van der Waals surface area contributed by atoms with Crippen LogP contribution in [-0.2, 0) is 6.42 Å². The number of hydrogen-bond acceptors (Lipinski definition) is 2. The number of carbonyl (C=O) groups is 1. The Morgan fingerprint density at radius 3 is 2.70 bits per heavy atom. The van der Waals surface area contributed by atoms with Crippen molar-refractivity contribution in [1.82, 2.24) is 4.98 Å². The smallest absolute Gasteiger partial charge is 0.169 e. The first-order valence-corrected chi connectivity index (χ1v) is 7.19. The minimum atomic E-state index is -0.991. The Bertz CT molecular complexity index is 905. The largest absolute Gasteiger partial charge is 0.496 e. The van der Waals surface area contributed by atoms with E-state index in [2.05, 4.69) is 4.98 Å². The number of Topliss-reactive ketones (excluding diaryl/α,β-unsaturated/α-hetero) is 1. The molecule has 0 radical (unpaired) electrons. The Kier molecular flexibility index (Phi) is 4.05. The maximum Gasteiger partial charge on any atom is 0.169 e. The lowest BCUT2D eigenvalue weighted by Crippen LogP contribution is -2.04. The van der Waals surface area contributed by atoms with Gasteiger partial charge in [-0.15, -0.1) is 0 Å². The first-order valence-electron chi connectivity index (χ1n) is 6.81. The molecule has 0 saturated heterocycles. The van der Waals surface area contributed by atoms with Gasteiger partial charge in [-0.25, -0.2) is 8.78 Å². The van der Waals surface area contributed by atoms with Gasteiger partial charge in [0.15, 0.2) is 17.4 Å². The van der Waals surface area contributed by atoms with Crippen LogP contribution in [0.5, 0.6) is 5.75 Å². The number of hydrogen-bond donors (Lipinski definition) is 1. The van der Waals surface area contributed by atoms with Crippen LogP contribution in [0.2, 0.25) is 5.02 Å². The number of rotatable bonds is 4. The minimum Gasteiger partial charge on any atom is -0.496 e. The molecule has 0 amide bonds. The Hall–Kier alpha value is -2.40. The molecule has 0 atom stereocenters. The van der Waals surface area contributed by atoms with Gasteiger partial charge < -0.3 is 9.72 Å². The van der Waals surface area contributed by atoms with Crippen molar-refractivity contribution in [2.75, 3.05) is 7.11 Å². The topological polar surface area (TPSA) is 42.1 Å². The molecule has 0 spiro atoms. The summed E-state index contributed by atoms with van der Waals surface area (Å²) in [5, 5.41) is 0.851. The zero-order chi connectivity index (χ0) is 16.6. The lowest BCUT2D eigenvalue weighted by Gasteiger charge is -2.08. The molecule has 1 aromatic heterocycles. The summed E-state index contributed by atoms with van der Waals surface area (Å²) in [6.07, 6.45) is 1.51. The Morgan fingerprint density at radius 1 is 1.22 bits per heavy atom. The molecule has 3 rings (SSSR count). The van der Waals surface area contributed by atoms with Crippen molar-refractivity contribution in [3.8, 4) is 5.75 Å².